The fourth-order valence-corrected chi connectivity index (χ4v) is 5.79. The number of piperazine rings is 1. The van der Waals surface area contributed by atoms with E-state index >= 15 is 0 Å². The molecule has 1 fully saturated rings. The van der Waals surface area contributed by atoms with Crippen LogP contribution in [0.25, 0.3) is 22.2 Å². The van der Waals surface area contributed by atoms with E-state index in [1.807, 2.05) is 42.5 Å². The summed E-state index contributed by atoms with van der Waals surface area (Å²) in [5.41, 5.74) is 8.04. The highest BCUT2D eigenvalue weighted by Crippen LogP contribution is 2.46. The number of nitrogens with one attached hydrogen (secondary N) is 1. The average molecular weight is 519 g/mol. The van der Waals surface area contributed by atoms with E-state index in [0.717, 1.165) is 39.1 Å². The molecule has 0 unspecified atom stereocenters. The van der Waals surface area contributed by atoms with Crippen LogP contribution in [0.5, 0.6) is 0 Å². The molecule has 6 nitrogen and oxygen atoms in total. The molecule has 1 aromatic heterocycles. The number of para-hydroxylation sites is 1. The van der Waals surface area contributed by atoms with E-state index in [1.165, 1.54) is 6.07 Å². The Labute approximate surface area is 225 Å². The molecular weight excluding hydrogens is 491 g/mol. The van der Waals surface area contributed by atoms with Crippen LogP contribution in [-0.4, -0.2) is 37.1 Å². The van der Waals surface area contributed by atoms with Crippen LogP contribution in [0.3, 0.4) is 0 Å². The van der Waals surface area contributed by atoms with Crippen molar-refractivity contribution in [3.8, 4) is 11.3 Å². The Morgan fingerprint density at radius 1 is 0.821 bits per heavy atom. The Morgan fingerprint density at radius 3 is 2.28 bits per heavy atom. The number of halogens is 1. The van der Waals surface area contributed by atoms with Crippen molar-refractivity contribution in [2.45, 2.75) is 13.8 Å². The lowest BCUT2D eigenvalue weighted by Gasteiger charge is -2.37. The van der Waals surface area contributed by atoms with Crippen molar-refractivity contribution in [1.29, 1.82) is 0 Å². The van der Waals surface area contributed by atoms with Crippen molar-refractivity contribution in [2.75, 3.05) is 41.3 Å². The molecule has 1 N–H and O–H groups in total. The maximum Gasteiger partial charge on any atom is 0.196 e. The van der Waals surface area contributed by atoms with Crippen molar-refractivity contribution >= 4 is 39.4 Å². The van der Waals surface area contributed by atoms with E-state index in [9.17, 15) is 9.18 Å². The number of nitrogens with zero attached hydrogens (tertiary/aromatic N) is 3. The first-order valence-electron chi connectivity index (χ1n) is 13.2. The summed E-state index contributed by atoms with van der Waals surface area (Å²) in [4.78, 5) is 18.2. The van der Waals surface area contributed by atoms with E-state index in [0.29, 0.717) is 54.3 Å². The third-order valence-corrected chi connectivity index (χ3v) is 7.85. The van der Waals surface area contributed by atoms with Gasteiger partial charge in [0, 0.05) is 43.0 Å². The van der Waals surface area contributed by atoms with Gasteiger partial charge in [0.15, 0.2) is 11.5 Å². The Balaban J connectivity index is 1.35. The Hall–Kier alpha value is -4.65. The van der Waals surface area contributed by atoms with Gasteiger partial charge in [-0.15, -0.1) is 0 Å². The summed E-state index contributed by atoms with van der Waals surface area (Å²) >= 11 is 0. The second kappa shape index (κ2) is 8.98. The number of anilines is 4. The summed E-state index contributed by atoms with van der Waals surface area (Å²) in [5, 5.41) is 8.82. The van der Waals surface area contributed by atoms with E-state index < -0.39 is 0 Å². The van der Waals surface area contributed by atoms with Gasteiger partial charge in [0.2, 0.25) is 0 Å². The SMILES string of the molecule is Cc1ccc(C)c(Nc2cc(N3CCN(c4ccccc4F)CC3)c3noc4c3c2C(=O)c2ccccc2-4)c1. The fourth-order valence-electron chi connectivity index (χ4n) is 5.79. The van der Waals surface area contributed by atoms with E-state index in [1.54, 1.807) is 6.07 Å². The van der Waals surface area contributed by atoms with E-state index in [-0.39, 0.29) is 11.6 Å². The van der Waals surface area contributed by atoms with E-state index in [2.05, 4.69) is 52.3 Å². The molecule has 4 aromatic carbocycles. The van der Waals surface area contributed by atoms with Crippen LogP contribution in [0.15, 0.2) is 77.3 Å². The van der Waals surface area contributed by atoms with Crippen LogP contribution < -0.4 is 15.1 Å². The minimum absolute atomic E-state index is 0.0463. The van der Waals surface area contributed by atoms with E-state index in [4.69, 9.17) is 4.52 Å². The van der Waals surface area contributed by atoms with Crippen LogP contribution in [0.2, 0.25) is 0 Å². The molecular formula is C32H27FN4O2. The molecule has 1 aliphatic heterocycles. The zero-order chi connectivity index (χ0) is 26.7. The molecule has 39 heavy (non-hydrogen) atoms. The van der Waals surface area contributed by atoms with Gasteiger partial charge < -0.3 is 19.6 Å². The third-order valence-electron chi connectivity index (χ3n) is 7.85. The van der Waals surface area contributed by atoms with Gasteiger partial charge in [-0.1, -0.05) is 53.7 Å². The van der Waals surface area contributed by atoms with Crippen LogP contribution in [0.1, 0.15) is 27.0 Å². The molecule has 1 saturated heterocycles. The van der Waals surface area contributed by atoms with Gasteiger partial charge in [-0.05, 0) is 49.2 Å². The zero-order valence-electron chi connectivity index (χ0n) is 21.8. The van der Waals surface area contributed by atoms with Gasteiger partial charge in [-0.2, -0.15) is 0 Å². The number of aromatic nitrogens is 1. The molecule has 0 spiro atoms. The Bertz CT molecular complexity index is 1770. The predicted octanol–water partition coefficient (Wildman–Crippen LogP) is 6.87. The first kappa shape index (κ1) is 23.5. The first-order valence-corrected chi connectivity index (χ1v) is 13.2. The van der Waals surface area contributed by atoms with Crippen LogP contribution in [-0.2, 0) is 0 Å². The average Bonchev–Trinajstić information content (AvgIpc) is 3.40. The topological polar surface area (TPSA) is 61.6 Å². The smallest absolute Gasteiger partial charge is 0.196 e. The summed E-state index contributed by atoms with van der Waals surface area (Å²) in [5.74, 6) is 0.360. The highest BCUT2D eigenvalue weighted by Gasteiger charge is 2.34. The lowest BCUT2D eigenvalue weighted by molar-refractivity contribution is 0.104. The number of hydrogen-bond acceptors (Lipinski definition) is 6. The van der Waals surface area contributed by atoms with Gasteiger partial charge in [0.1, 0.15) is 11.3 Å². The first-order chi connectivity index (χ1) is 19.0. The second-order valence-electron chi connectivity index (χ2n) is 10.3. The van der Waals surface area contributed by atoms with Crippen LogP contribution in [0, 0.1) is 19.7 Å². The maximum atomic E-state index is 14.5. The number of fused-ring (bicyclic) bond motifs is 2. The molecule has 1 aliphatic carbocycles. The molecule has 0 radical (unpaired) electrons. The molecule has 0 atom stereocenters. The molecule has 2 aliphatic rings. The van der Waals surface area contributed by atoms with Gasteiger partial charge in [0.05, 0.1) is 28.0 Å². The number of aryl methyl sites for hydroxylation is 2. The molecule has 2 heterocycles. The number of hydrogen-bond donors (Lipinski definition) is 1. The number of ketones is 1. The summed E-state index contributed by atoms with van der Waals surface area (Å²) in [7, 11) is 0. The highest BCUT2D eigenvalue weighted by molar-refractivity contribution is 6.28. The van der Waals surface area contributed by atoms with Crippen molar-refractivity contribution in [1.82, 2.24) is 5.16 Å². The minimum atomic E-state index is -0.210. The fraction of sp³-hybridized carbons (Fsp3) is 0.188. The summed E-state index contributed by atoms with van der Waals surface area (Å²) in [6.45, 7) is 6.79. The van der Waals surface area contributed by atoms with Gasteiger partial charge in [-0.3, -0.25) is 4.79 Å². The second-order valence-corrected chi connectivity index (χ2v) is 10.3. The Kier molecular flexibility index (Phi) is 5.40. The predicted molar refractivity (Wildman–Crippen MR) is 153 cm³/mol. The Morgan fingerprint density at radius 2 is 1.51 bits per heavy atom. The summed E-state index contributed by atoms with van der Waals surface area (Å²) in [6, 6.07) is 22.7. The standard InChI is InChI=1S/C32H27FN4O2/c1-19-11-12-20(2)24(17-19)34-25-18-27(37-15-13-36(14-16-37)26-10-6-5-9-23(26)33)30-29-28(25)31(38)21-7-3-4-8-22(21)32(29)39-35-30/h3-12,17-18,34H,13-16H2,1-2H3. The van der Waals surface area contributed by atoms with Gasteiger partial charge >= 0.3 is 0 Å². The highest BCUT2D eigenvalue weighted by atomic mass is 19.1. The largest absolute Gasteiger partial charge is 0.366 e. The van der Waals surface area contributed by atoms with Gasteiger partial charge in [0.25, 0.3) is 0 Å². The number of carbonyl (C=O) groups is 1. The lowest BCUT2D eigenvalue weighted by atomic mass is 9.86. The summed E-state index contributed by atoms with van der Waals surface area (Å²) < 4.78 is 20.4. The maximum absolute atomic E-state index is 14.5. The van der Waals surface area contributed by atoms with Crippen LogP contribution in [0.4, 0.5) is 27.1 Å². The lowest BCUT2D eigenvalue weighted by Crippen LogP contribution is -2.47. The van der Waals surface area contributed by atoms with Crippen molar-refractivity contribution in [3.05, 3.63) is 101 Å². The summed E-state index contributed by atoms with van der Waals surface area (Å²) in [6.07, 6.45) is 0. The van der Waals surface area contributed by atoms with Gasteiger partial charge in [-0.25, -0.2) is 4.39 Å². The zero-order valence-corrected chi connectivity index (χ0v) is 21.8. The minimum Gasteiger partial charge on any atom is -0.366 e. The number of benzene rings is 4. The monoisotopic (exact) mass is 518 g/mol. The molecule has 7 heteroatoms. The number of carbonyl (C=O) groups excluding carboxylic acids is 1. The van der Waals surface area contributed by atoms with Crippen molar-refractivity contribution in [2.24, 2.45) is 0 Å². The normalized spacial score (nSPS) is 14.6. The molecule has 0 bridgehead atoms. The molecule has 0 amide bonds. The molecule has 7 rings (SSSR count). The van der Waals surface area contributed by atoms with Crippen molar-refractivity contribution < 1.29 is 13.7 Å². The van der Waals surface area contributed by atoms with Crippen LogP contribution >= 0.6 is 0 Å². The molecule has 194 valence electrons. The molecule has 5 aromatic rings. The number of rotatable bonds is 4. The quantitative estimate of drug-likeness (QED) is 0.275. The third kappa shape index (κ3) is 3.76. The molecule has 0 saturated carbocycles. The van der Waals surface area contributed by atoms with Crippen molar-refractivity contribution in [3.63, 3.8) is 0 Å².